The normalized spacial score (nSPS) is 15.1. The van der Waals surface area contributed by atoms with Crippen LogP contribution in [0, 0.1) is 0 Å². The Balaban J connectivity index is 1.64. The van der Waals surface area contributed by atoms with Crippen molar-refractivity contribution < 1.29 is 28.5 Å². The van der Waals surface area contributed by atoms with Gasteiger partial charge in [-0.1, -0.05) is 46.3 Å². The summed E-state index contributed by atoms with van der Waals surface area (Å²) in [5.74, 6) is 0.889. The zero-order valence-corrected chi connectivity index (χ0v) is 24.1. The predicted octanol–water partition coefficient (Wildman–Crippen LogP) is 6.21. The van der Waals surface area contributed by atoms with E-state index in [-0.39, 0.29) is 19.1 Å². The molecule has 4 rings (SSSR count). The minimum absolute atomic E-state index is 0.168. The number of amides is 1. The zero-order chi connectivity index (χ0) is 27.8. The Hall–Kier alpha value is -3.76. The average Bonchev–Trinajstić information content (AvgIpc) is 3.23. The number of carbonyl (C=O) groups excluding carboxylic acids is 2. The van der Waals surface area contributed by atoms with Gasteiger partial charge >= 0.3 is 5.97 Å². The molecule has 8 nitrogen and oxygen atoms in total. The fourth-order valence-corrected chi connectivity index (χ4v) is 5.10. The first kappa shape index (κ1) is 28.3. The predicted molar refractivity (Wildman–Crippen MR) is 155 cm³/mol. The van der Waals surface area contributed by atoms with Crippen molar-refractivity contribution in [2.75, 3.05) is 27.4 Å². The number of hydrogen-bond donors (Lipinski definition) is 0. The average molecular weight is 612 g/mol. The molecule has 39 heavy (non-hydrogen) atoms. The number of methoxy groups -OCH3 is 2. The standard InChI is InChI=1S/C29H27BrN2O6S/c1-4-37-27(33)18-38-25-16-23(30)20(14-24(25)36-3)15-26-28(34)32(17-19-10-12-22(35-2)13-11-19)29(39-26)31-21-8-6-5-7-9-21/h5-16H,4,17-18H2,1-3H3/b26-15-,31-29?. The van der Waals surface area contributed by atoms with Crippen LogP contribution in [0.15, 0.2) is 81.1 Å². The van der Waals surface area contributed by atoms with Gasteiger partial charge in [-0.25, -0.2) is 9.79 Å². The van der Waals surface area contributed by atoms with Crippen LogP contribution in [-0.2, 0) is 20.9 Å². The van der Waals surface area contributed by atoms with E-state index in [2.05, 4.69) is 15.9 Å². The molecule has 0 unspecified atom stereocenters. The van der Waals surface area contributed by atoms with Crippen molar-refractivity contribution >= 4 is 56.5 Å². The van der Waals surface area contributed by atoms with Crippen LogP contribution in [0.5, 0.6) is 17.2 Å². The second-order valence-electron chi connectivity index (χ2n) is 8.20. The molecule has 1 heterocycles. The number of nitrogens with zero attached hydrogens (tertiary/aromatic N) is 2. The summed E-state index contributed by atoms with van der Waals surface area (Å²) in [5.41, 5.74) is 2.40. The fraction of sp³-hybridized carbons (Fsp3) is 0.207. The molecule has 1 fully saturated rings. The highest BCUT2D eigenvalue weighted by atomic mass is 79.9. The summed E-state index contributed by atoms with van der Waals surface area (Å²) in [4.78, 5) is 32.3. The van der Waals surface area contributed by atoms with Gasteiger partial charge in [0.15, 0.2) is 23.3 Å². The number of thioether (sulfide) groups is 1. The van der Waals surface area contributed by atoms with Crippen molar-refractivity contribution in [3.05, 3.63) is 87.2 Å². The molecule has 0 spiro atoms. The van der Waals surface area contributed by atoms with Crippen LogP contribution in [-0.4, -0.2) is 49.4 Å². The summed E-state index contributed by atoms with van der Waals surface area (Å²) in [6.07, 6.45) is 1.78. The molecule has 10 heteroatoms. The molecule has 3 aromatic carbocycles. The Kier molecular flexibility index (Phi) is 9.67. The van der Waals surface area contributed by atoms with Crippen molar-refractivity contribution in [2.45, 2.75) is 13.5 Å². The highest BCUT2D eigenvalue weighted by molar-refractivity contribution is 9.10. The number of benzene rings is 3. The monoisotopic (exact) mass is 610 g/mol. The molecule has 0 saturated carbocycles. The Morgan fingerprint density at radius 3 is 2.44 bits per heavy atom. The maximum atomic E-state index is 13.6. The van der Waals surface area contributed by atoms with Crippen LogP contribution in [0.25, 0.3) is 6.08 Å². The Morgan fingerprint density at radius 1 is 1.03 bits per heavy atom. The SMILES string of the molecule is CCOC(=O)COc1cc(Br)c(/C=C2\SC(=Nc3ccccc3)N(Cc3ccc(OC)cc3)C2=O)cc1OC. The lowest BCUT2D eigenvalue weighted by atomic mass is 10.1. The topological polar surface area (TPSA) is 86.7 Å². The van der Waals surface area contributed by atoms with Crippen molar-refractivity contribution in [1.82, 2.24) is 4.90 Å². The maximum absolute atomic E-state index is 13.6. The third-order valence-electron chi connectivity index (χ3n) is 5.59. The number of esters is 1. The Morgan fingerprint density at radius 2 is 1.77 bits per heavy atom. The second-order valence-corrected chi connectivity index (χ2v) is 10.1. The van der Waals surface area contributed by atoms with Gasteiger partial charge < -0.3 is 18.9 Å². The van der Waals surface area contributed by atoms with Crippen LogP contribution < -0.4 is 14.2 Å². The van der Waals surface area contributed by atoms with E-state index >= 15 is 0 Å². The Bertz CT molecular complexity index is 1390. The minimum atomic E-state index is -0.475. The summed E-state index contributed by atoms with van der Waals surface area (Å²) in [7, 11) is 3.12. The number of amidine groups is 1. The van der Waals surface area contributed by atoms with Crippen molar-refractivity contribution in [3.8, 4) is 17.2 Å². The van der Waals surface area contributed by atoms with Gasteiger partial charge in [0.1, 0.15) is 5.75 Å². The first-order valence-electron chi connectivity index (χ1n) is 12.1. The maximum Gasteiger partial charge on any atom is 0.344 e. The zero-order valence-electron chi connectivity index (χ0n) is 21.7. The summed E-state index contributed by atoms with van der Waals surface area (Å²) < 4.78 is 21.9. The van der Waals surface area contributed by atoms with Crippen molar-refractivity contribution in [3.63, 3.8) is 0 Å². The highest BCUT2D eigenvalue weighted by Gasteiger charge is 2.34. The lowest BCUT2D eigenvalue weighted by molar-refractivity contribution is -0.145. The van der Waals surface area contributed by atoms with E-state index in [0.29, 0.717) is 38.2 Å². The summed E-state index contributed by atoms with van der Waals surface area (Å²) in [5, 5.41) is 0.575. The number of halogens is 1. The lowest BCUT2D eigenvalue weighted by Crippen LogP contribution is -2.28. The molecule has 0 aromatic heterocycles. The molecular weight excluding hydrogens is 584 g/mol. The van der Waals surface area contributed by atoms with Crippen LogP contribution in [0.1, 0.15) is 18.1 Å². The molecule has 202 valence electrons. The lowest BCUT2D eigenvalue weighted by Gasteiger charge is -2.16. The fourth-order valence-electron chi connectivity index (χ4n) is 3.67. The van der Waals surface area contributed by atoms with E-state index in [4.69, 9.17) is 23.9 Å². The molecule has 3 aromatic rings. The first-order valence-corrected chi connectivity index (χ1v) is 13.7. The smallest absolute Gasteiger partial charge is 0.344 e. The van der Waals surface area contributed by atoms with Gasteiger partial charge in [-0.15, -0.1) is 0 Å². The molecule has 0 N–H and O–H groups in total. The first-order chi connectivity index (χ1) is 18.9. The summed E-state index contributed by atoms with van der Waals surface area (Å²) in [6, 6.07) is 20.5. The van der Waals surface area contributed by atoms with Gasteiger partial charge in [-0.3, -0.25) is 9.69 Å². The van der Waals surface area contributed by atoms with Crippen LogP contribution >= 0.6 is 27.7 Å². The molecule has 0 bridgehead atoms. The van der Waals surface area contributed by atoms with Crippen LogP contribution in [0.4, 0.5) is 5.69 Å². The number of hydrogen-bond acceptors (Lipinski definition) is 8. The third-order valence-corrected chi connectivity index (χ3v) is 7.28. The molecule has 0 aliphatic carbocycles. The number of para-hydroxylation sites is 1. The van der Waals surface area contributed by atoms with E-state index in [1.165, 1.54) is 18.9 Å². The minimum Gasteiger partial charge on any atom is -0.497 e. The van der Waals surface area contributed by atoms with Crippen LogP contribution in [0.3, 0.4) is 0 Å². The Labute approximate surface area is 239 Å². The van der Waals surface area contributed by atoms with E-state index in [1.54, 1.807) is 37.1 Å². The number of carbonyl (C=O) groups is 2. The molecule has 1 aliphatic heterocycles. The van der Waals surface area contributed by atoms with E-state index in [1.807, 2.05) is 54.6 Å². The van der Waals surface area contributed by atoms with Gasteiger partial charge in [0.2, 0.25) is 0 Å². The largest absolute Gasteiger partial charge is 0.497 e. The van der Waals surface area contributed by atoms with Gasteiger partial charge in [0.05, 0.1) is 38.0 Å². The molecule has 0 radical (unpaired) electrons. The highest BCUT2D eigenvalue weighted by Crippen LogP contribution is 2.39. The van der Waals surface area contributed by atoms with E-state index in [0.717, 1.165) is 17.0 Å². The molecule has 1 amide bonds. The summed E-state index contributed by atoms with van der Waals surface area (Å²) in [6.45, 7) is 2.11. The molecule has 1 saturated heterocycles. The van der Waals surface area contributed by atoms with Gasteiger partial charge in [0.25, 0.3) is 5.91 Å². The van der Waals surface area contributed by atoms with Gasteiger partial charge in [-0.2, -0.15) is 0 Å². The van der Waals surface area contributed by atoms with Gasteiger partial charge in [0, 0.05) is 4.47 Å². The second kappa shape index (κ2) is 13.3. The molecule has 0 atom stereocenters. The van der Waals surface area contributed by atoms with Crippen molar-refractivity contribution in [2.24, 2.45) is 4.99 Å². The molecule has 1 aliphatic rings. The number of rotatable bonds is 10. The number of ether oxygens (including phenoxy) is 4. The summed E-state index contributed by atoms with van der Waals surface area (Å²) >= 11 is 4.85. The van der Waals surface area contributed by atoms with E-state index in [9.17, 15) is 9.59 Å². The molecular formula is C29H27BrN2O6S. The van der Waals surface area contributed by atoms with Crippen molar-refractivity contribution in [1.29, 1.82) is 0 Å². The number of aliphatic imine (C=N–C) groups is 1. The van der Waals surface area contributed by atoms with Gasteiger partial charge in [-0.05, 0) is 72.3 Å². The van der Waals surface area contributed by atoms with Crippen LogP contribution in [0.2, 0.25) is 0 Å². The quantitative estimate of drug-likeness (QED) is 0.199. The van der Waals surface area contributed by atoms with E-state index < -0.39 is 5.97 Å². The third kappa shape index (κ3) is 7.21.